The van der Waals surface area contributed by atoms with Gasteiger partial charge in [-0.1, -0.05) is 0 Å². The van der Waals surface area contributed by atoms with Crippen molar-refractivity contribution < 1.29 is 19.7 Å². The zero-order valence-electron chi connectivity index (χ0n) is 9.69. The van der Waals surface area contributed by atoms with Gasteiger partial charge in [0.2, 0.25) is 0 Å². The first kappa shape index (κ1) is 14.2. The molecule has 0 fully saturated rings. The van der Waals surface area contributed by atoms with Gasteiger partial charge in [-0.05, 0) is 27.2 Å². The van der Waals surface area contributed by atoms with Crippen LogP contribution in [0.25, 0.3) is 0 Å². The van der Waals surface area contributed by atoms with Gasteiger partial charge in [-0.15, -0.1) is 0 Å². The van der Waals surface area contributed by atoms with Gasteiger partial charge in [-0.2, -0.15) is 0 Å². The van der Waals surface area contributed by atoms with E-state index >= 15 is 0 Å². The summed E-state index contributed by atoms with van der Waals surface area (Å²) in [6.45, 7) is 6.81. The lowest BCUT2D eigenvalue weighted by Crippen LogP contribution is -2.46. The van der Waals surface area contributed by atoms with Gasteiger partial charge in [0, 0.05) is 25.3 Å². The Balaban J connectivity index is 3.84. The molecule has 2 N–H and O–H groups in total. The first-order valence-electron chi connectivity index (χ1n) is 5.08. The molecule has 0 unspecified atom stereocenters. The maximum atomic E-state index is 10.9. The van der Waals surface area contributed by atoms with E-state index in [2.05, 4.69) is 0 Å². The molecule has 0 aromatic carbocycles. The second kappa shape index (κ2) is 6.63. The third kappa shape index (κ3) is 6.30. The van der Waals surface area contributed by atoms with E-state index in [1.165, 1.54) is 4.90 Å². The molecule has 5 nitrogen and oxygen atoms in total. The van der Waals surface area contributed by atoms with Gasteiger partial charge in [-0.25, -0.2) is 4.79 Å². The molecule has 0 aromatic rings. The van der Waals surface area contributed by atoms with Crippen molar-refractivity contribution in [3.63, 3.8) is 0 Å². The molecule has 0 aliphatic heterocycles. The van der Waals surface area contributed by atoms with Crippen LogP contribution in [0.4, 0.5) is 4.79 Å². The zero-order chi connectivity index (χ0) is 11.9. The summed E-state index contributed by atoms with van der Waals surface area (Å²) < 4.78 is 5.18. The molecule has 0 aromatic heterocycles. The number of carboxylic acid groups (broad SMARTS) is 1. The maximum Gasteiger partial charge on any atom is 0.407 e. The molecule has 0 saturated heterocycles. The molecule has 0 rings (SSSR count). The molecular formula is C10H21NO4. The Morgan fingerprint density at radius 1 is 1.33 bits per heavy atom. The third-order valence-electron chi connectivity index (χ3n) is 1.95. The lowest BCUT2D eigenvalue weighted by Gasteiger charge is -2.32. The molecule has 0 atom stereocenters. The predicted octanol–water partition coefficient (Wildman–Crippen LogP) is 1.16. The van der Waals surface area contributed by atoms with E-state index in [0.717, 1.165) is 0 Å². The van der Waals surface area contributed by atoms with E-state index in [1.54, 1.807) is 0 Å². The van der Waals surface area contributed by atoms with Gasteiger partial charge in [-0.3, -0.25) is 0 Å². The summed E-state index contributed by atoms with van der Waals surface area (Å²) in [7, 11) is 0. The zero-order valence-corrected chi connectivity index (χ0v) is 9.69. The molecule has 90 valence electrons. The summed E-state index contributed by atoms with van der Waals surface area (Å²) >= 11 is 0. The molecule has 5 heteroatoms. The number of amides is 1. The first-order valence-corrected chi connectivity index (χ1v) is 5.08. The summed E-state index contributed by atoms with van der Waals surface area (Å²) in [6.07, 6.45) is -0.351. The van der Waals surface area contributed by atoms with Crippen molar-refractivity contribution in [2.45, 2.75) is 32.7 Å². The topological polar surface area (TPSA) is 70.0 Å². The average molecular weight is 219 g/mol. The van der Waals surface area contributed by atoms with Crippen molar-refractivity contribution in [2.24, 2.45) is 0 Å². The number of ether oxygens (including phenoxy) is 1. The first-order chi connectivity index (χ1) is 6.89. The van der Waals surface area contributed by atoms with Gasteiger partial charge in [0.25, 0.3) is 0 Å². The lowest BCUT2D eigenvalue weighted by atomic mass is 10.1. The minimum absolute atomic E-state index is 0.0991. The van der Waals surface area contributed by atoms with Crippen molar-refractivity contribution in [1.29, 1.82) is 0 Å². The summed E-state index contributed by atoms with van der Waals surface area (Å²) in [5.74, 6) is 0. The van der Waals surface area contributed by atoms with E-state index in [4.69, 9.17) is 14.9 Å². The maximum absolute atomic E-state index is 10.9. The van der Waals surface area contributed by atoms with Crippen molar-refractivity contribution in [2.75, 3.05) is 26.4 Å². The Kier molecular flexibility index (Phi) is 6.27. The van der Waals surface area contributed by atoms with E-state index in [9.17, 15) is 4.79 Å². The molecule has 15 heavy (non-hydrogen) atoms. The van der Waals surface area contributed by atoms with Crippen molar-refractivity contribution in [3.05, 3.63) is 0 Å². The van der Waals surface area contributed by atoms with Gasteiger partial charge >= 0.3 is 6.09 Å². The number of hydrogen-bond donors (Lipinski definition) is 2. The number of nitrogens with zero attached hydrogens (tertiary/aromatic N) is 1. The van der Waals surface area contributed by atoms with Crippen LogP contribution in [-0.2, 0) is 4.74 Å². The molecule has 1 amide bonds. The van der Waals surface area contributed by atoms with Gasteiger partial charge in [0.15, 0.2) is 0 Å². The normalized spacial score (nSPS) is 11.5. The fourth-order valence-electron chi connectivity index (χ4n) is 1.14. The van der Waals surface area contributed by atoms with E-state index in [-0.39, 0.29) is 6.61 Å². The van der Waals surface area contributed by atoms with Crippen LogP contribution in [0.15, 0.2) is 0 Å². The van der Waals surface area contributed by atoms with Crippen molar-refractivity contribution in [3.8, 4) is 0 Å². The van der Waals surface area contributed by atoms with Crippen LogP contribution in [0.2, 0.25) is 0 Å². The fourth-order valence-corrected chi connectivity index (χ4v) is 1.14. The number of aliphatic hydroxyl groups is 1. The van der Waals surface area contributed by atoms with E-state index < -0.39 is 11.6 Å². The van der Waals surface area contributed by atoms with Crippen LogP contribution in [0, 0.1) is 0 Å². The van der Waals surface area contributed by atoms with E-state index in [1.807, 2.05) is 20.8 Å². The van der Waals surface area contributed by atoms with Gasteiger partial charge in [0.05, 0.1) is 6.61 Å². The fraction of sp³-hybridized carbons (Fsp3) is 0.900. The van der Waals surface area contributed by atoms with Crippen LogP contribution in [-0.4, -0.2) is 53.1 Å². The highest BCUT2D eigenvalue weighted by Crippen LogP contribution is 2.12. The minimum Gasteiger partial charge on any atom is -0.465 e. The molecule has 0 spiro atoms. The van der Waals surface area contributed by atoms with Crippen molar-refractivity contribution >= 4 is 6.09 Å². The highest BCUT2D eigenvalue weighted by molar-refractivity contribution is 5.65. The van der Waals surface area contributed by atoms with Crippen LogP contribution >= 0.6 is 0 Å². The summed E-state index contributed by atoms with van der Waals surface area (Å²) in [4.78, 5) is 12.2. The van der Waals surface area contributed by atoms with Crippen LogP contribution in [0.1, 0.15) is 27.2 Å². The molecule has 0 bridgehead atoms. The monoisotopic (exact) mass is 219 g/mol. The number of hydrogen-bond acceptors (Lipinski definition) is 3. The predicted molar refractivity (Wildman–Crippen MR) is 57.0 cm³/mol. The van der Waals surface area contributed by atoms with Gasteiger partial charge < -0.3 is 19.8 Å². The summed E-state index contributed by atoms with van der Waals surface area (Å²) in [5, 5.41) is 17.4. The number of carbonyl (C=O) groups is 1. The Hall–Kier alpha value is -0.810. The second-order valence-electron chi connectivity index (χ2n) is 4.29. The van der Waals surface area contributed by atoms with Crippen molar-refractivity contribution in [1.82, 2.24) is 4.90 Å². The standard InChI is InChI=1S/C10H21NO4/c1-10(2,3)11(9(13)14)5-8-15-7-4-6-12/h12H,4-8H2,1-3H3,(H,13,14). The number of aliphatic hydroxyl groups excluding tert-OH is 1. The summed E-state index contributed by atoms with van der Waals surface area (Å²) in [5.41, 5.74) is -0.411. The smallest absolute Gasteiger partial charge is 0.407 e. The molecule has 0 saturated carbocycles. The Labute approximate surface area is 90.6 Å². The van der Waals surface area contributed by atoms with Gasteiger partial charge in [0.1, 0.15) is 0 Å². The molecule has 0 aliphatic carbocycles. The highest BCUT2D eigenvalue weighted by atomic mass is 16.5. The lowest BCUT2D eigenvalue weighted by molar-refractivity contribution is 0.0566. The molecule has 0 heterocycles. The Bertz CT molecular complexity index is 188. The molecule has 0 radical (unpaired) electrons. The van der Waals surface area contributed by atoms with E-state index in [0.29, 0.717) is 26.2 Å². The molecule has 0 aliphatic rings. The largest absolute Gasteiger partial charge is 0.465 e. The average Bonchev–Trinajstić information content (AvgIpc) is 2.08. The summed E-state index contributed by atoms with van der Waals surface area (Å²) in [6, 6.07) is 0. The number of rotatable bonds is 6. The van der Waals surface area contributed by atoms with Crippen LogP contribution in [0.5, 0.6) is 0 Å². The Morgan fingerprint density at radius 2 is 1.93 bits per heavy atom. The highest BCUT2D eigenvalue weighted by Gasteiger charge is 2.25. The third-order valence-corrected chi connectivity index (χ3v) is 1.95. The van der Waals surface area contributed by atoms with Crippen LogP contribution in [0.3, 0.4) is 0 Å². The molecular weight excluding hydrogens is 198 g/mol. The second-order valence-corrected chi connectivity index (χ2v) is 4.29. The SMILES string of the molecule is CC(C)(C)N(CCOCCCO)C(=O)O. The quantitative estimate of drug-likeness (QED) is 0.658. The minimum atomic E-state index is -0.937. The Morgan fingerprint density at radius 3 is 2.33 bits per heavy atom. The van der Waals surface area contributed by atoms with Crippen LogP contribution < -0.4 is 0 Å².